The van der Waals surface area contributed by atoms with Crippen molar-refractivity contribution in [3.8, 4) is 17.2 Å². The number of piperidine rings is 1. The van der Waals surface area contributed by atoms with E-state index in [4.69, 9.17) is 9.47 Å². The number of H-pyrrole nitrogens is 1. The zero-order chi connectivity index (χ0) is 50.6. The maximum absolute atomic E-state index is 13.0. The summed E-state index contributed by atoms with van der Waals surface area (Å²) in [4.78, 5) is 55.8. The molecule has 372 valence electrons. The number of nitrogens with zero attached hydrogens (tertiary/aromatic N) is 1. The second-order valence-electron chi connectivity index (χ2n) is 18.1. The maximum atomic E-state index is 13.0. The molecule has 0 spiro atoms. The quantitative estimate of drug-likeness (QED) is 0.0358. The van der Waals surface area contributed by atoms with Crippen molar-refractivity contribution in [1.29, 1.82) is 0 Å². The van der Waals surface area contributed by atoms with Crippen LogP contribution in [0.2, 0.25) is 0 Å². The molecule has 1 saturated heterocycles. The van der Waals surface area contributed by atoms with Crippen LogP contribution in [0, 0.1) is 5.92 Å². The first-order chi connectivity index (χ1) is 34.9. The van der Waals surface area contributed by atoms with Gasteiger partial charge in [0.15, 0.2) is 0 Å². The van der Waals surface area contributed by atoms with Crippen LogP contribution in [-0.4, -0.2) is 87.9 Å². The number of benzene rings is 6. The van der Waals surface area contributed by atoms with Gasteiger partial charge in [0.2, 0.25) is 11.2 Å². The number of carboxylic acids is 1. The molecule has 72 heavy (non-hydrogen) atoms. The lowest BCUT2D eigenvalue weighted by molar-refractivity contribution is -0.155. The summed E-state index contributed by atoms with van der Waals surface area (Å²) >= 11 is 0. The Hall–Kier alpha value is -7.82. The van der Waals surface area contributed by atoms with E-state index in [-0.39, 0.29) is 60.4 Å². The molecule has 15 nitrogen and oxygen atoms in total. The van der Waals surface area contributed by atoms with E-state index < -0.39 is 17.7 Å². The molecule has 1 fully saturated rings. The number of carbonyl (C=O) groups excluding carboxylic acids is 2. The highest BCUT2D eigenvalue weighted by atomic mass is 16.5. The first kappa shape index (κ1) is 50.6. The summed E-state index contributed by atoms with van der Waals surface area (Å²) in [6.45, 7) is 3.72. The van der Waals surface area contributed by atoms with Gasteiger partial charge in [0.05, 0.1) is 18.7 Å². The number of aliphatic carboxylic acids is 1. The molecule has 1 aliphatic rings. The lowest BCUT2D eigenvalue weighted by atomic mass is 9.80. The largest absolute Gasteiger partial charge is 0.506 e. The minimum Gasteiger partial charge on any atom is -0.506 e. The van der Waals surface area contributed by atoms with Gasteiger partial charge < -0.3 is 50.8 Å². The number of phenolic OH excluding ortho intramolecular Hbond substituents is 1. The highest BCUT2D eigenvalue weighted by Crippen LogP contribution is 2.37. The number of aromatic amines is 1. The van der Waals surface area contributed by atoms with Crippen molar-refractivity contribution in [2.24, 2.45) is 5.92 Å². The van der Waals surface area contributed by atoms with E-state index in [0.29, 0.717) is 58.0 Å². The Morgan fingerprint density at radius 2 is 1.49 bits per heavy atom. The zero-order valence-electron chi connectivity index (χ0n) is 40.0. The fraction of sp³-hybridized carbons (Fsp3) is 0.263. The molecule has 8 rings (SSSR count). The lowest BCUT2D eigenvalue weighted by Gasteiger charge is -2.33. The number of ether oxygens (including phenoxy) is 2. The second kappa shape index (κ2) is 23.4. The molecule has 7 aromatic rings. The molecule has 15 heteroatoms. The number of nitrogens with one attached hydrogen (secondary N) is 4. The van der Waals surface area contributed by atoms with E-state index in [1.54, 1.807) is 91.0 Å². The average Bonchev–Trinajstić information content (AvgIpc) is 3.40. The summed E-state index contributed by atoms with van der Waals surface area (Å²) in [7, 11) is 1.50. The van der Waals surface area contributed by atoms with Gasteiger partial charge in [0.25, 0.3) is 11.8 Å². The number of amides is 2. The SMILES string of the molecule is COc1cc(C(=O)NCCNC(=O)c2ccc(COc3cccc([C@@](O)(C(=O)O)c4ccccc4CC4CCN(Cc5ccccc5)CC4)c3)cc2)ccc1CNC[C@H](O)c1ccc(O)c2[nH]c(=O)ccc12. The molecule has 0 unspecified atom stereocenters. The molecule has 6 aromatic carbocycles. The highest BCUT2D eigenvalue weighted by molar-refractivity contribution is 5.95. The summed E-state index contributed by atoms with van der Waals surface area (Å²) < 4.78 is 11.6. The predicted octanol–water partition coefficient (Wildman–Crippen LogP) is 6.58. The van der Waals surface area contributed by atoms with Gasteiger partial charge in [0.1, 0.15) is 23.9 Å². The predicted molar refractivity (Wildman–Crippen MR) is 273 cm³/mol. The monoisotopic (exact) mass is 973 g/mol. The number of phenols is 1. The van der Waals surface area contributed by atoms with Crippen molar-refractivity contribution in [2.75, 3.05) is 39.8 Å². The highest BCUT2D eigenvalue weighted by Gasteiger charge is 2.42. The van der Waals surface area contributed by atoms with E-state index in [2.05, 4.69) is 50.1 Å². The number of aromatic hydroxyl groups is 1. The molecular weight excluding hydrogens is 915 g/mol. The number of methoxy groups -OCH3 is 1. The van der Waals surface area contributed by atoms with Crippen LogP contribution < -0.4 is 31.0 Å². The van der Waals surface area contributed by atoms with Crippen LogP contribution in [0.25, 0.3) is 10.9 Å². The van der Waals surface area contributed by atoms with Crippen LogP contribution in [0.15, 0.2) is 150 Å². The van der Waals surface area contributed by atoms with Crippen molar-refractivity contribution in [1.82, 2.24) is 25.8 Å². The van der Waals surface area contributed by atoms with Crippen molar-refractivity contribution in [3.63, 3.8) is 0 Å². The zero-order valence-corrected chi connectivity index (χ0v) is 40.0. The van der Waals surface area contributed by atoms with Crippen LogP contribution in [0.4, 0.5) is 0 Å². The van der Waals surface area contributed by atoms with E-state index in [1.165, 1.54) is 24.8 Å². The Balaban J connectivity index is 0.788. The molecule has 2 amide bonds. The van der Waals surface area contributed by atoms with Crippen LogP contribution in [0.1, 0.15) is 78.6 Å². The Labute approximate surface area is 417 Å². The third-order valence-corrected chi connectivity index (χ3v) is 13.2. The van der Waals surface area contributed by atoms with E-state index in [0.717, 1.165) is 49.2 Å². The first-order valence-electron chi connectivity index (χ1n) is 24.0. The number of aromatic nitrogens is 1. The van der Waals surface area contributed by atoms with Crippen LogP contribution in [0.5, 0.6) is 17.2 Å². The molecular formula is C57H59N5O10. The fourth-order valence-electron chi connectivity index (χ4n) is 9.27. The summed E-state index contributed by atoms with van der Waals surface area (Å²) in [6.07, 6.45) is 1.66. The molecule has 0 radical (unpaired) electrons. The van der Waals surface area contributed by atoms with Crippen molar-refractivity contribution < 1.29 is 44.3 Å². The van der Waals surface area contributed by atoms with Crippen molar-refractivity contribution in [3.05, 3.63) is 206 Å². The van der Waals surface area contributed by atoms with E-state index >= 15 is 0 Å². The summed E-state index contributed by atoms with van der Waals surface area (Å²) in [5.74, 6) is -0.968. The number of carboxylic acid groups (broad SMARTS) is 1. The second-order valence-corrected chi connectivity index (χ2v) is 18.1. The van der Waals surface area contributed by atoms with Gasteiger partial charge in [0, 0.05) is 72.0 Å². The minimum atomic E-state index is -2.31. The number of carbonyl (C=O) groups is 3. The first-order valence-corrected chi connectivity index (χ1v) is 24.0. The molecule has 1 aromatic heterocycles. The molecule has 1 aliphatic heterocycles. The standard InChI is InChI=1S/C57H59N5O10/c1-71-51-31-42(18-19-43(51)33-58-34-50(64)46-20-22-49(63)53-47(46)21-23-52(65)61-53)55(67)60-27-26-59-54(66)40-16-14-39(15-17-40)36-72-45-12-7-11-44(32-45)57(70,56(68)69)48-13-6-5-10-41(48)30-37-24-28-62(29-25-37)35-38-8-3-2-4-9-38/h2-23,31-32,37,50,58,63-64,70H,24-30,33-36H2,1H3,(H,59,66)(H,60,67)(H,61,65)(H,68,69)/t50-,57-/m0/s1. The Bertz CT molecular complexity index is 3060. The smallest absolute Gasteiger partial charge is 0.345 e. The van der Waals surface area contributed by atoms with E-state index in [9.17, 15) is 39.6 Å². The van der Waals surface area contributed by atoms with Gasteiger partial charge in [-0.1, -0.05) is 91.0 Å². The van der Waals surface area contributed by atoms with Gasteiger partial charge in [-0.3, -0.25) is 19.3 Å². The third-order valence-electron chi connectivity index (χ3n) is 13.2. The third kappa shape index (κ3) is 12.2. The van der Waals surface area contributed by atoms with Crippen molar-refractivity contribution >= 4 is 28.7 Å². The molecule has 0 saturated carbocycles. The normalized spacial score (nSPS) is 14.3. The molecule has 0 bridgehead atoms. The molecule has 8 N–H and O–H groups in total. The van der Waals surface area contributed by atoms with Crippen molar-refractivity contribution in [2.45, 2.75) is 50.7 Å². The number of aliphatic hydroxyl groups is 2. The molecule has 2 atom stereocenters. The number of aliphatic hydroxyl groups excluding tert-OH is 1. The van der Waals surface area contributed by atoms with Gasteiger partial charge >= 0.3 is 5.97 Å². The van der Waals surface area contributed by atoms with E-state index in [1.807, 2.05) is 18.2 Å². The topological polar surface area (TPSA) is 223 Å². The number of hydrogen-bond acceptors (Lipinski definition) is 11. The summed E-state index contributed by atoms with van der Waals surface area (Å²) in [5, 5.41) is 53.1. The Morgan fingerprint density at radius 1 is 0.778 bits per heavy atom. The van der Waals surface area contributed by atoms with Crippen LogP contribution >= 0.6 is 0 Å². The maximum Gasteiger partial charge on any atom is 0.345 e. The van der Waals surface area contributed by atoms with Gasteiger partial charge in [-0.15, -0.1) is 0 Å². The number of fused-ring (bicyclic) bond motifs is 1. The molecule has 2 heterocycles. The summed E-state index contributed by atoms with van der Waals surface area (Å²) in [6, 6.07) is 42.0. The number of rotatable bonds is 21. The average molecular weight is 974 g/mol. The number of hydrogen-bond donors (Lipinski definition) is 8. The van der Waals surface area contributed by atoms with Crippen LogP contribution in [0.3, 0.4) is 0 Å². The number of likely N-dealkylation sites (tertiary alicyclic amines) is 1. The Morgan fingerprint density at radius 3 is 2.22 bits per heavy atom. The fourth-order valence-corrected chi connectivity index (χ4v) is 9.27. The number of pyridine rings is 1. The van der Waals surface area contributed by atoms with Gasteiger partial charge in [-0.25, -0.2) is 4.79 Å². The minimum absolute atomic E-state index is 0.0928. The van der Waals surface area contributed by atoms with Gasteiger partial charge in [-0.05, 0) is 109 Å². The Kier molecular flexibility index (Phi) is 16.4. The van der Waals surface area contributed by atoms with Gasteiger partial charge in [-0.2, -0.15) is 0 Å². The summed E-state index contributed by atoms with van der Waals surface area (Å²) in [5.41, 5.74) is 2.99. The van der Waals surface area contributed by atoms with Crippen LogP contribution in [-0.2, 0) is 36.5 Å². The molecule has 0 aliphatic carbocycles. The lowest BCUT2D eigenvalue weighted by Crippen LogP contribution is -2.38.